The van der Waals surface area contributed by atoms with Crippen molar-refractivity contribution in [3.8, 4) is 5.75 Å². The molecule has 4 nitrogen and oxygen atoms in total. The van der Waals surface area contributed by atoms with Crippen LogP contribution in [0.25, 0.3) is 22.6 Å². The summed E-state index contributed by atoms with van der Waals surface area (Å²) in [6, 6.07) is 12.5. The first-order valence-electron chi connectivity index (χ1n) is 6.76. The molecular weight excluding hydrogens is 300 g/mol. The molecule has 0 aliphatic carbocycles. The minimum atomic E-state index is -0.160. The molecule has 0 fully saturated rings. The molecule has 2 aromatic carbocycles. The molecule has 1 aromatic heterocycles. The van der Waals surface area contributed by atoms with Gasteiger partial charge in [-0.05, 0) is 30.3 Å². The van der Waals surface area contributed by atoms with Crippen molar-refractivity contribution in [1.82, 2.24) is 4.98 Å². The van der Waals surface area contributed by atoms with Gasteiger partial charge in [-0.2, -0.15) is 0 Å². The Morgan fingerprint density at radius 3 is 2.82 bits per heavy atom. The van der Waals surface area contributed by atoms with Gasteiger partial charge >= 0.3 is 0 Å². The number of hydrogen-bond acceptors (Lipinski definition) is 2. The van der Waals surface area contributed by atoms with Gasteiger partial charge in [-0.25, -0.2) is 0 Å². The summed E-state index contributed by atoms with van der Waals surface area (Å²) in [7, 11) is 0. The summed E-state index contributed by atoms with van der Waals surface area (Å²) in [5.41, 5.74) is 3.69. The maximum absolute atomic E-state index is 12.2. The molecule has 108 valence electrons. The molecule has 0 atom stereocenters. The Morgan fingerprint density at radius 2 is 1.95 bits per heavy atom. The minimum absolute atomic E-state index is 0.152. The van der Waals surface area contributed by atoms with Gasteiger partial charge in [0.15, 0.2) is 0 Å². The molecule has 1 aliphatic rings. The van der Waals surface area contributed by atoms with Crippen LogP contribution in [0.3, 0.4) is 0 Å². The third-order valence-corrected chi connectivity index (χ3v) is 4.07. The molecule has 3 N–H and O–H groups in total. The summed E-state index contributed by atoms with van der Waals surface area (Å²) in [5.74, 6) is -0.00846. The number of fused-ring (bicyclic) bond motifs is 2. The number of phenols is 1. The maximum Gasteiger partial charge on any atom is 0.256 e. The van der Waals surface area contributed by atoms with Crippen LogP contribution in [0.5, 0.6) is 5.75 Å². The highest BCUT2D eigenvalue weighted by molar-refractivity contribution is 6.37. The van der Waals surface area contributed by atoms with Gasteiger partial charge in [0.25, 0.3) is 5.91 Å². The second kappa shape index (κ2) is 4.64. The molecule has 0 saturated heterocycles. The third-order valence-electron chi connectivity index (χ3n) is 3.77. The van der Waals surface area contributed by atoms with Gasteiger partial charge in [-0.3, -0.25) is 4.79 Å². The van der Waals surface area contributed by atoms with Crippen LogP contribution < -0.4 is 5.32 Å². The smallest absolute Gasteiger partial charge is 0.256 e. The summed E-state index contributed by atoms with van der Waals surface area (Å²) < 4.78 is 0. The van der Waals surface area contributed by atoms with E-state index in [9.17, 15) is 9.90 Å². The molecule has 3 aromatic rings. The number of halogens is 1. The molecule has 4 rings (SSSR count). The zero-order chi connectivity index (χ0) is 15.3. The van der Waals surface area contributed by atoms with Crippen molar-refractivity contribution < 1.29 is 9.90 Å². The molecule has 0 radical (unpaired) electrons. The van der Waals surface area contributed by atoms with Crippen LogP contribution in [0.1, 0.15) is 11.1 Å². The molecule has 0 saturated carbocycles. The zero-order valence-electron chi connectivity index (χ0n) is 11.4. The predicted molar refractivity (Wildman–Crippen MR) is 87.9 cm³/mol. The third kappa shape index (κ3) is 1.89. The predicted octanol–water partition coefficient (Wildman–Crippen LogP) is 4.02. The van der Waals surface area contributed by atoms with Crippen LogP contribution in [-0.4, -0.2) is 16.0 Å². The lowest BCUT2D eigenvalue weighted by Crippen LogP contribution is -2.03. The lowest BCUT2D eigenvalue weighted by Gasteiger charge is -1.99. The van der Waals surface area contributed by atoms with Crippen LogP contribution in [0, 0.1) is 0 Å². The second-order valence-electron chi connectivity index (χ2n) is 5.14. The number of aromatic hydroxyl groups is 1. The highest BCUT2D eigenvalue weighted by Gasteiger charge is 2.24. The maximum atomic E-state index is 12.2. The number of nitrogens with one attached hydrogen (secondary N) is 2. The largest absolute Gasteiger partial charge is 0.508 e. The Hall–Kier alpha value is -2.72. The van der Waals surface area contributed by atoms with Crippen LogP contribution in [0.2, 0.25) is 5.15 Å². The summed E-state index contributed by atoms with van der Waals surface area (Å²) in [6.45, 7) is 0. The van der Waals surface area contributed by atoms with Crippen molar-refractivity contribution in [2.45, 2.75) is 0 Å². The number of phenolic OH excluding ortho intramolecular Hbond substituents is 1. The van der Waals surface area contributed by atoms with Crippen LogP contribution >= 0.6 is 11.6 Å². The normalized spacial score (nSPS) is 15.3. The minimum Gasteiger partial charge on any atom is -0.508 e. The fourth-order valence-electron chi connectivity index (χ4n) is 2.74. The van der Waals surface area contributed by atoms with Crippen LogP contribution in [-0.2, 0) is 4.79 Å². The van der Waals surface area contributed by atoms with E-state index in [1.165, 1.54) is 0 Å². The van der Waals surface area contributed by atoms with Gasteiger partial charge < -0.3 is 15.4 Å². The number of aromatic amines is 1. The number of benzene rings is 2. The van der Waals surface area contributed by atoms with E-state index in [0.717, 1.165) is 22.2 Å². The van der Waals surface area contributed by atoms with Crippen LogP contribution in [0.4, 0.5) is 5.69 Å². The molecule has 5 heteroatoms. The molecule has 0 spiro atoms. The van der Waals surface area contributed by atoms with Crippen molar-refractivity contribution in [2.24, 2.45) is 0 Å². The van der Waals surface area contributed by atoms with Crippen molar-refractivity contribution in [3.05, 3.63) is 58.7 Å². The van der Waals surface area contributed by atoms with Gasteiger partial charge in [0, 0.05) is 33.3 Å². The van der Waals surface area contributed by atoms with E-state index >= 15 is 0 Å². The van der Waals surface area contributed by atoms with E-state index in [0.29, 0.717) is 16.3 Å². The van der Waals surface area contributed by atoms with Gasteiger partial charge in [0.05, 0.1) is 0 Å². The van der Waals surface area contributed by atoms with E-state index in [1.807, 2.05) is 24.3 Å². The fourth-order valence-corrected chi connectivity index (χ4v) is 2.99. The van der Waals surface area contributed by atoms with Crippen LogP contribution in [0.15, 0.2) is 42.5 Å². The van der Waals surface area contributed by atoms with E-state index in [-0.39, 0.29) is 11.7 Å². The number of para-hydroxylation sites is 1. The van der Waals surface area contributed by atoms with Gasteiger partial charge in [-0.1, -0.05) is 29.8 Å². The number of anilines is 1. The summed E-state index contributed by atoms with van der Waals surface area (Å²) in [4.78, 5) is 15.2. The number of hydrogen-bond donors (Lipinski definition) is 3. The highest BCUT2D eigenvalue weighted by Crippen LogP contribution is 2.36. The first-order valence-corrected chi connectivity index (χ1v) is 7.14. The fraction of sp³-hybridized carbons (Fsp3) is 0. The van der Waals surface area contributed by atoms with E-state index in [2.05, 4.69) is 10.3 Å². The van der Waals surface area contributed by atoms with E-state index in [4.69, 9.17) is 11.6 Å². The number of aromatic nitrogens is 1. The SMILES string of the molecule is O=C1Nc2ccccc2/C1=C\c1c(Cl)[nH]c2ccc(O)cc12. The standard InChI is InChI=1S/C17H11ClN2O2/c18-16-12(11-7-9(21)5-6-15(11)19-16)8-13-10-3-1-2-4-14(10)20-17(13)22/h1-8,19,21H,(H,20,22)/b13-8+. The van der Waals surface area contributed by atoms with Crippen molar-refractivity contribution in [3.63, 3.8) is 0 Å². The molecule has 1 amide bonds. The van der Waals surface area contributed by atoms with Crippen molar-refractivity contribution in [2.75, 3.05) is 5.32 Å². The highest BCUT2D eigenvalue weighted by atomic mass is 35.5. The first kappa shape index (κ1) is 13.0. The van der Waals surface area contributed by atoms with E-state index < -0.39 is 0 Å². The zero-order valence-corrected chi connectivity index (χ0v) is 12.1. The Morgan fingerprint density at radius 1 is 1.14 bits per heavy atom. The summed E-state index contributed by atoms with van der Waals surface area (Å²) in [5, 5.41) is 13.7. The van der Waals surface area contributed by atoms with Crippen molar-refractivity contribution >= 4 is 45.7 Å². The topological polar surface area (TPSA) is 65.1 Å². The number of carbonyl (C=O) groups excluding carboxylic acids is 1. The average molecular weight is 311 g/mol. The molecule has 1 aliphatic heterocycles. The number of amides is 1. The van der Waals surface area contributed by atoms with E-state index in [1.54, 1.807) is 24.3 Å². The molecule has 0 unspecified atom stereocenters. The monoisotopic (exact) mass is 310 g/mol. The Kier molecular flexibility index (Phi) is 2.74. The molecule has 22 heavy (non-hydrogen) atoms. The lowest BCUT2D eigenvalue weighted by molar-refractivity contribution is -0.110. The molecular formula is C17H11ClN2O2. The number of rotatable bonds is 1. The number of H-pyrrole nitrogens is 1. The quantitative estimate of drug-likeness (QED) is 0.594. The van der Waals surface area contributed by atoms with Gasteiger partial charge in [0.2, 0.25) is 0 Å². The van der Waals surface area contributed by atoms with Gasteiger partial charge in [-0.15, -0.1) is 0 Å². The van der Waals surface area contributed by atoms with Gasteiger partial charge in [0.1, 0.15) is 10.9 Å². The second-order valence-corrected chi connectivity index (χ2v) is 5.52. The lowest BCUT2D eigenvalue weighted by atomic mass is 10.0. The van der Waals surface area contributed by atoms with Crippen molar-refractivity contribution in [1.29, 1.82) is 0 Å². The number of carbonyl (C=O) groups is 1. The summed E-state index contributed by atoms with van der Waals surface area (Å²) >= 11 is 6.26. The average Bonchev–Trinajstić information content (AvgIpc) is 2.98. The molecule has 2 heterocycles. The molecule has 0 bridgehead atoms. The Labute approximate surface area is 131 Å². The first-order chi connectivity index (χ1) is 10.6. The Balaban J connectivity index is 1.95. The summed E-state index contributed by atoms with van der Waals surface area (Å²) in [6.07, 6.45) is 1.75. The Bertz CT molecular complexity index is 956.